The fraction of sp³-hybridized carbons (Fsp3) is 0.462. The van der Waals surface area contributed by atoms with Crippen molar-refractivity contribution in [3.05, 3.63) is 16.1 Å². The number of nitrogens with zero attached hydrogens (tertiary/aromatic N) is 1. The SMILES string of the molecule is COc1cc(C2(N=C=O)CC2)c(OC)c(Br)c1OC. The van der Waals surface area contributed by atoms with Gasteiger partial charge >= 0.3 is 0 Å². The molecule has 1 aliphatic carbocycles. The highest BCUT2D eigenvalue weighted by Gasteiger charge is 2.48. The van der Waals surface area contributed by atoms with Gasteiger partial charge in [0.2, 0.25) is 6.08 Å². The van der Waals surface area contributed by atoms with Crippen LogP contribution in [0, 0.1) is 0 Å². The van der Waals surface area contributed by atoms with Crippen LogP contribution in [-0.2, 0) is 10.3 Å². The average Bonchev–Trinajstić information content (AvgIpc) is 3.18. The van der Waals surface area contributed by atoms with Crippen molar-refractivity contribution in [3.8, 4) is 17.2 Å². The number of ether oxygens (including phenoxy) is 3. The maximum Gasteiger partial charge on any atom is 0.235 e. The molecule has 1 aromatic rings. The number of rotatable bonds is 5. The van der Waals surface area contributed by atoms with Gasteiger partial charge in [-0.05, 0) is 34.8 Å². The molecule has 19 heavy (non-hydrogen) atoms. The van der Waals surface area contributed by atoms with Gasteiger partial charge in [-0.25, -0.2) is 4.79 Å². The van der Waals surface area contributed by atoms with E-state index in [-0.39, 0.29) is 0 Å². The lowest BCUT2D eigenvalue weighted by Crippen LogP contribution is -2.07. The molecule has 0 N–H and O–H groups in total. The van der Waals surface area contributed by atoms with Crippen LogP contribution in [0.15, 0.2) is 15.5 Å². The Morgan fingerprint density at radius 3 is 2.26 bits per heavy atom. The van der Waals surface area contributed by atoms with Crippen LogP contribution in [-0.4, -0.2) is 27.4 Å². The van der Waals surface area contributed by atoms with Crippen molar-refractivity contribution in [2.24, 2.45) is 4.99 Å². The first-order chi connectivity index (χ1) is 9.13. The summed E-state index contributed by atoms with van der Waals surface area (Å²) in [5.41, 5.74) is 0.276. The monoisotopic (exact) mass is 327 g/mol. The quantitative estimate of drug-likeness (QED) is 0.616. The highest BCUT2D eigenvalue weighted by molar-refractivity contribution is 9.10. The van der Waals surface area contributed by atoms with E-state index < -0.39 is 5.54 Å². The van der Waals surface area contributed by atoms with E-state index in [9.17, 15) is 4.79 Å². The topological polar surface area (TPSA) is 57.1 Å². The summed E-state index contributed by atoms with van der Waals surface area (Å²) in [4.78, 5) is 14.5. The molecule has 1 aromatic carbocycles. The van der Waals surface area contributed by atoms with Crippen LogP contribution in [0.3, 0.4) is 0 Å². The van der Waals surface area contributed by atoms with Crippen molar-refractivity contribution in [2.45, 2.75) is 18.4 Å². The van der Waals surface area contributed by atoms with Gasteiger partial charge in [0.1, 0.15) is 15.8 Å². The summed E-state index contributed by atoms with van der Waals surface area (Å²) < 4.78 is 16.7. The second-order valence-electron chi connectivity index (χ2n) is 4.24. The Morgan fingerprint density at radius 2 is 1.84 bits per heavy atom. The fourth-order valence-corrected chi connectivity index (χ4v) is 2.86. The minimum Gasteiger partial charge on any atom is -0.495 e. The first-order valence-electron chi connectivity index (χ1n) is 5.71. The van der Waals surface area contributed by atoms with E-state index >= 15 is 0 Å². The lowest BCUT2D eigenvalue weighted by atomic mass is 10.0. The van der Waals surface area contributed by atoms with Crippen molar-refractivity contribution in [1.82, 2.24) is 0 Å². The van der Waals surface area contributed by atoms with Crippen LogP contribution in [0.1, 0.15) is 18.4 Å². The lowest BCUT2D eigenvalue weighted by Gasteiger charge is -2.19. The van der Waals surface area contributed by atoms with E-state index in [0.717, 1.165) is 18.4 Å². The van der Waals surface area contributed by atoms with Crippen LogP contribution in [0.25, 0.3) is 0 Å². The maximum absolute atomic E-state index is 10.6. The molecule has 0 spiro atoms. The Hall–Kier alpha value is -1.52. The van der Waals surface area contributed by atoms with Gasteiger partial charge in [0.15, 0.2) is 11.5 Å². The summed E-state index contributed by atoms with van der Waals surface area (Å²) in [7, 11) is 4.68. The van der Waals surface area contributed by atoms with Crippen LogP contribution >= 0.6 is 15.9 Å². The fourth-order valence-electron chi connectivity index (χ4n) is 2.13. The summed E-state index contributed by atoms with van der Waals surface area (Å²) in [5.74, 6) is 1.72. The smallest absolute Gasteiger partial charge is 0.235 e. The van der Waals surface area contributed by atoms with Gasteiger partial charge < -0.3 is 14.2 Å². The number of hydrogen-bond acceptors (Lipinski definition) is 5. The predicted octanol–water partition coefficient (Wildman–Crippen LogP) is 2.80. The zero-order valence-corrected chi connectivity index (χ0v) is 12.5. The molecule has 1 fully saturated rings. The number of isocyanates is 1. The van der Waals surface area contributed by atoms with Gasteiger partial charge in [-0.1, -0.05) is 0 Å². The summed E-state index contributed by atoms with van der Waals surface area (Å²) in [6.07, 6.45) is 3.22. The molecular formula is C13H14BrNO4. The first-order valence-corrected chi connectivity index (χ1v) is 6.50. The molecular weight excluding hydrogens is 314 g/mol. The average molecular weight is 328 g/mol. The van der Waals surface area contributed by atoms with Crippen LogP contribution in [0.2, 0.25) is 0 Å². The second kappa shape index (κ2) is 5.23. The highest BCUT2D eigenvalue weighted by Crippen LogP contribution is 2.56. The van der Waals surface area contributed by atoms with E-state index in [1.54, 1.807) is 33.5 Å². The lowest BCUT2D eigenvalue weighted by molar-refractivity contribution is 0.343. The van der Waals surface area contributed by atoms with Gasteiger partial charge in [-0.15, -0.1) is 0 Å². The number of aliphatic imine (C=N–C) groups is 1. The maximum atomic E-state index is 10.6. The molecule has 0 unspecified atom stereocenters. The van der Waals surface area contributed by atoms with Crippen LogP contribution in [0.5, 0.6) is 17.2 Å². The standard InChI is InChI=1S/C13H14BrNO4/c1-17-9-6-8(13(4-5-13)15-7-16)11(18-2)10(14)12(9)19-3/h6H,4-5H2,1-3H3. The molecule has 0 bridgehead atoms. The third-order valence-corrected chi connectivity index (χ3v) is 3.98. The number of methoxy groups -OCH3 is 3. The Morgan fingerprint density at radius 1 is 1.21 bits per heavy atom. The van der Waals surface area contributed by atoms with Crippen LogP contribution < -0.4 is 14.2 Å². The molecule has 1 aliphatic rings. The molecule has 5 nitrogen and oxygen atoms in total. The number of halogens is 1. The Balaban J connectivity index is 2.67. The molecule has 0 aromatic heterocycles. The second-order valence-corrected chi connectivity index (χ2v) is 5.03. The highest BCUT2D eigenvalue weighted by atomic mass is 79.9. The van der Waals surface area contributed by atoms with E-state index in [1.165, 1.54) is 0 Å². The number of benzene rings is 1. The zero-order chi connectivity index (χ0) is 14.0. The van der Waals surface area contributed by atoms with Crippen molar-refractivity contribution in [3.63, 3.8) is 0 Å². The number of carbonyl (C=O) groups excluding carboxylic acids is 1. The largest absolute Gasteiger partial charge is 0.495 e. The van der Waals surface area contributed by atoms with Gasteiger partial charge in [-0.2, -0.15) is 4.99 Å². The third kappa shape index (κ3) is 2.22. The van der Waals surface area contributed by atoms with E-state index in [4.69, 9.17) is 14.2 Å². The minimum atomic E-state index is -0.533. The molecule has 0 amide bonds. The van der Waals surface area contributed by atoms with Gasteiger partial charge in [0.05, 0.1) is 21.3 Å². The van der Waals surface area contributed by atoms with E-state index in [1.807, 2.05) is 0 Å². The summed E-state index contributed by atoms with van der Waals surface area (Å²) in [6, 6.07) is 1.80. The molecule has 1 saturated carbocycles. The van der Waals surface area contributed by atoms with Crippen molar-refractivity contribution >= 4 is 22.0 Å². The molecule has 0 radical (unpaired) electrons. The van der Waals surface area contributed by atoms with E-state index in [0.29, 0.717) is 21.7 Å². The van der Waals surface area contributed by atoms with E-state index in [2.05, 4.69) is 20.9 Å². The minimum absolute atomic E-state index is 0.533. The summed E-state index contributed by atoms with van der Waals surface area (Å²) in [5, 5.41) is 0. The normalized spacial score (nSPS) is 15.4. The molecule has 2 rings (SSSR count). The van der Waals surface area contributed by atoms with Gasteiger partial charge in [0.25, 0.3) is 0 Å². The number of hydrogen-bond donors (Lipinski definition) is 0. The summed E-state index contributed by atoms with van der Waals surface area (Å²) in [6.45, 7) is 0. The molecule has 0 aliphatic heterocycles. The molecule has 6 heteroatoms. The van der Waals surface area contributed by atoms with Crippen molar-refractivity contribution in [1.29, 1.82) is 0 Å². The first kappa shape index (κ1) is 13.9. The van der Waals surface area contributed by atoms with Crippen molar-refractivity contribution in [2.75, 3.05) is 21.3 Å². The molecule has 0 heterocycles. The zero-order valence-electron chi connectivity index (χ0n) is 10.9. The third-order valence-electron chi connectivity index (χ3n) is 3.26. The Labute approximate surface area is 119 Å². The summed E-state index contributed by atoms with van der Waals surface area (Å²) >= 11 is 3.45. The van der Waals surface area contributed by atoms with Gasteiger partial charge in [0, 0.05) is 5.56 Å². The Kier molecular flexibility index (Phi) is 3.83. The molecule has 0 atom stereocenters. The predicted molar refractivity (Wildman–Crippen MR) is 72.8 cm³/mol. The Bertz CT molecular complexity index is 548. The van der Waals surface area contributed by atoms with Crippen molar-refractivity contribution < 1.29 is 19.0 Å². The molecule has 0 saturated heterocycles. The van der Waals surface area contributed by atoms with Crippen LogP contribution in [0.4, 0.5) is 0 Å². The van der Waals surface area contributed by atoms with Gasteiger partial charge in [-0.3, -0.25) is 0 Å². The molecule has 102 valence electrons.